The molecule has 0 saturated heterocycles. The molecule has 0 spiro atoms. The molecule has 9 heteroatoms. The van der Waals surface area contributed by atoms with Gasteiger partial charge in [0.15, 0.2) is 5.13 Å². The van der Waals surface area contributed by atoms with Gasteiger partial charge < -0.3 is 10.3 Å². The highest BCUT2D eigenvalue weighted by molar-refractivity contribution is 7.18. The van der Waals surface area contributed by atoms with Crippen molar-refractivity contribution in [3.05, 3.63) is 62.5 Å². The predicted molar refractivity (Wildman–Crippen MR) is 126 cm³/mol. The fourth-order valence-corrected chi connectivity index (χ4v) is 5.45. The molecule has 0 fully saturated rings. The van der Waals surface area contributed by atoms with E-state index < -0.39 is 0 Å². The van der Waals surface area contributed by atoms with E-state index in [-0.39, 0.29) is 18.0 Å². The standard InChI is InChI=1S/C22H19N5O2S2/c1-11-13(3)31-20-18(11)21(29)27(10-23-20)8-17(28)26-22-25-16(9-30-22)19-12(2)24-15-7-5-4-6-14(15)19/h4-7,9-10,24H,8H2,1-3H3,(H,25,26,28). The van der Waals surface area contributed by atoms with Gasteiger partial charge >= 0.3 is 0 Å². The summed E-state index contributed by atoms with van der Waals surface area (Å²) in [4.78, 5) is 39.5. The number of anilines is 1. The molecule has 7 nitrogen and oxygen atoms in total. The topological polar surface area (TPSA) is 92.7 Å². The molecule has 0 radical (unpaired) electrons. The second-order valence-corrected chi connectivity index (χ2v) is 9.46. The summed E-state index contributed by atoms with van der Waals surface area (Å²) in [6.07, 6.45) is 1.43. The van der Waals surface area contributed by atoms with E-state index in [2.05, 4.69) is 26.3 Å². The van der Waals surface area contributed by atoms with Crippen LogP contribution in [0.25, 0.3) is 32.4 Å². The minimum absolute atomic E-state index is 0.114. The number of thiazole rings is 1. The highest BCUT2D eigenvalue weighted by Gasteiger charge is 2.16. The maximum Gasteiger partial charge on any atom is 0.262 e. The molecule has 2 N–H and O–H groups in total. The first-order chi connectivity index (χ1) is 14.9. The summed E-state index contributed by atoms with van der Waals surface area (Å²) in [5.41, 5.74) is 4.63. The normalized spacial score (nSPS) is 11.5. The minimum Gasteiger partial charge on any atom is -0.358 e. The lowest BCUT2D eigenvalue weighted by Gasteiger charge is -2.05. The Hall–Kier alpha value is -3.30. The number of aromatic nitrogens is 4. The first-order valence-electron chi connectivity index (χ1n) is 9.70. The second-order valence-electron chi connectivity index (χ2n) is 7.40. The second kappa shape index (κ2) is 7.44. The van der Waals surface area contributed by atoms with E-state index in [1.54, 1.807) is 0 Å². The van der Waals surface area contributed by atoms with Crippen LogP contribution in [0.2, 0.25) is 0 Å². The first kappa shape index (κ1) is 19.7. The van der Waals surface area contributed by atoms with E-state index in [4.69, 9.17) is 0 Å². The van der Waals surface area contributed by atoms with Crippen LogP contribution < -0.4 is 10.9 Å². The van der Waals surface area contributed by atoms with Crippen LogP contribution in [-0.4, -0.2) is 25.4 Å². The summed E-state index contributed by atoms with van der Waals surface area (Å²) in [6.45, 7) is 5.77. The number of nitrogens with one attached hydrogen (secondary N) is 2. The van der Waals surface area contributed by atoms with Gasteiger partial charge in [0.1, 0.15) is 11.4 Å². The van der Waals surface area contributed by atoms with Gasteiger partial charge in [0.25, 0.3) is 5.56 Å². The molecule has 156 valence electrons. The Bertz CT molecular complexity index is 1520. The molecule has 1 amide bonds. The Labute approximate surface area is 185 Å². The fraction of sp³-hybridized carbons (Fsp3) is 0.182. The zero-order valence-electron chi connectivity index (χ0n) is 17.1. The van der Waals surface area contributed by atoms with Gasteiger partial charge in [-0.3, -0.25) is 14.2 Å². The number of benzene rings is 1. The summed E-state index contributed by atoms with van der Waals surface area (Å²) in [5.74, 6) is -0.315. The third-order valence-electron chi connectivity index (χ3n) is 5.37. The predicted octanol–water partition coefficient (Wildman–Crippen LogP) is 4.63. The first-order valence-corrected chi connectivity index (χ1v) is 11.4. The van der Waals surface area contributed by atoms with E-state index in [0.29, 0.717) is 15.3 Å². The highest BCUT2D eigenvalue weighted by Crippen LogP contribution is 2.33. The smallest absolute Gasteiger partial charge is 0.262 e. The van der Waals surface area contributed by atoms with Crippen LogP contribution in [0.3, 0.4) is 0 Å². The molecule has 1 aromatic carbocycles. The van der Waals surface area contributed by atoms with Crippen LogP contribution in [0.1, 0.15) is 16.1 Å². The number of carbonyl (C=O) groups excluding carboxylic acids is 1. The lowest BCUT2D eigenvalue weighted by atomic mass is 10.1. The monoisotopic (exact) mass is 449 g/mol. The van der Waals surface area contributed by atoms with Crippen LogP contribution in [0.5, 0.6) is 0 Å². The number of fused-ring (bicyclic) bond motifs is 2. The molecule has 4 heterocycles. The summed E-state index contributed by atoms with van der Waals surface area (Å²) < 4.78 is 1.34. The van der Waals surface area contributed by atoms with Crippen molar-refractivity contribution in [3.8, 4) is 11.3 Å². The van der Waals surface area contributed by atoms with Gasteiger partial charge in [-0.2, -0.15) is 0 Å². The number of hydrogen-bond acceptors (Lipinski definition) is 6. The Balaban J connectivity index is 1.39. The van der Waals surface area contributed by atoms with E-state index in [1.807, 2.05) is 44.4 Å². The maximum atomic E-state index is 12.8. The summed E-state index contributed by atoms with van der Waals surface area (Å²) in [5, 5.41) is 6.91. The molecule has 0 aliphatic carbocycles. The SMILES string of the molecule is Cc1[nH]c2ccccc2c1-c1csc(NC(=O)Cn2cnc3sc(C)c(C)c3c2=O)n1. The zero-order valence-corrected chi connectivity index (χ0v) is 18.8. The lowest BCUT2D eigenvalue weighted by Crippen LogP contribution is -2.27. The van der Waals surface area contributed by atoms with Gasteiger partial charge in [-0.25, -0.2) is 9.97 Å². The number of thiophene rings is 1. The highest BCUT2D eigenvalue weighted by atomic mass is 32.1. The van der Waals surface area contributed by atoms with Crippen LogP contribution in [0.15, 0.2) is 40.8 Å². The van der Waals surface area contributed by atoms with Gasteiger partial charge in [-0.05, 0) is 32.4 Å². The fourth-order valence-electron chi connectivity index (χ4n) is 3.75. The molecule has 5 aromatic rings. The summed E-state index contributed by atoms with van der Waals surface area (Å²) in [6, 6.07) is 8.06. The average molecular weight is 450 g/mol. The van der Waals surface area contributed by atoms with Gasteiger partial charge in [-0.15, -0.1) is 22.7 Å². The van der Waals surface area contributed by atoms with Crippen molar-refractivity contribution in [1.29, 1.82) is 0 Å². The van der Waals surface area contributed by atoms with Crippen LogP contribution in [-0.2, 0) is 11.3 Å². The van der Waals surface area contributed by atoms with Crippen molar-refractivity contribution in [2.24, 2.45) is 0 Å². The van der Waals surface area contributed by atoms with E-state index in [9.17, 15) is 9.59 Å². The molecule has 0 atom stereocenters. The number of rotatable bonds is 4. The number of para-hydroxylation sites is 1. The Morgan fingerprint density at radius 1 is 1.23 bits per heavy atom. The van der Waals surface area contributed by atoms with Crippen LogP contribution in [0.4, 0.5) is 5.13 Å². The molecule has 0 aliphatic heterocycles. The number of H-pyrrole nitrogens is 1. The summed E-state index contributed by atoms with van der Waals surface area (Å²) >= 11 is 2.85. The Morgan fingerprint density at radius 2 is 2.03 bits per heavy atom. The van der Waals surface area contributed by atoms with Crippen LogP contribution in [0, 0.1) is 20.8 Å². The molecule has 0 saturated carbocycles. The zero-order chi connectivity index (χ0) is 21.7. The molecule has 31 heavy (non-hydrogen) atoms. The van der Waals surface area contributed by atoms with Crippen molar-refractivity contribution in [1.82, 2.24) is 19.5 Å². The van der Waals surface area contributed by atoms with Crippen molar-refractivity contribution < 1.29 is 4.79 Å². The van der Waals surface area contributed by atoms with Crippen molar-refractivity contribution in [3.63, 3.8) is 0 Å². The number of aryl methyl sites for hydroxylation is 3. The van der Waals surface area contributed by atoms with E-state index in [0.717, 1.165) is 38.3 Å². The average Bonchev–Trinajstić information content (AvgIpc) is 3.40. The number of nitrogens with zero attached hydrogens (tertiary/aromatic N) is 3. The quantitative estimate of drug-likeness (QED) is 0.418. The van der Waals surface area contributed by atoms with E-state index >= 15 is 0 Å². The molecule has 5 rings (SSSR count). The molecule has 0 bridgehead atoms. The molecule has 4 aromatic heterocycles. The molecule has 0 unspecified atom stereocenters. The van der Waals surface area contributed by atoms with Gasteiger partial charge in [0, 0.05) is 32.4 Å². The van der Waals surface area contributed by atoms with Crippen molar-refractivity contribution in [2.75, 3.05) is 5.32 Å². The Kier molecular flexibility index (Phi) is 4.71. The van der Waals surface area contributed by atoms with Crippen LogP contribution >= 0.6 is 22.7 Å². The number of hydrogen-bond donors (Lipinski definition) is 2. The van der Waals surface area contributed by atoms with Crippen molar-refractivity contribution >= 4 is 54.8 Å². The lowest BCUT2D eigenvalue weighted by molar-refractivity contribution is -0.116. The number of aromatic amines is 1. The third-order valence-corrected chi connectivity index (χ3v) is 7.24. The summed E-state index contributed by atoms with van der Waals surface area (Å²) in [7, 11) is 0. The van der Waals surface area contributed by atoms with Gasteiger partial charge in [0.2, 0.25) is 5.91 Å². The van der Waals surface area contributed by atoms with Gasteiger partial charge in [0.05, 0.1) is 17.4 Å². The molecular formula is C22H19N5O2S2. The van der Waals surface area contributed by atoms with Crippen molar-refractivity contribution in [2.45, 2.75) is 27.3 Å². The van der Waals surface area contributed by atoms with E-state index in [1.165, 1.54) is 33.6 Å². The third kappa shape index (κ3) is 3.35. The number of amides is 1. The Morgan fingerprint density at radius 3 is 2.87 bits per heavy atom. The maximum absolute atomic E-state index is 12.8. The molecule has 0 aliphatic rings. The minimum atomic E-state index is -0.315. The number of carbonyl (C=O) groups is 1. The van der Waals surface area contributed by atoms with Gasteiger partial charge in [-0.1, -0.05) is 18.2 Å². The molecular weight excluding hydrogens is 430 g/mol. The largest absolute Gasteiger partial charge is 0.358 e.